The molecule has 78 valence electrons. The van der Waals surface area contributed by atoms with E-state index in [1.165, 1.54) is 18.3 Å². The van der Waals surface area contributed by atoms with Crippen LogP contribution in [0.3, 0.4) is 0 Å². The fraction of sp³-hybridized carbons (Fsp3) is 0.182. The molecule has 3 nitrogen and oxygen atoms in total. The standard InChI is InChI=1S/C11H11NO2S/c1-11(12,10(13)14)9-6-7-4-2-3-5-8(7)15-9/h2-6H,12H2,1H3,(H,13,14)/t11-/m1/s1. The molecule has 3 N–H and O–H groups in total. The quantitative estimate of drug-likeness (QED) is 0.816. The minimum Gasteiger partial charge on any atom is -0.480 e. The Morgan fingerprint density at radius 1 is 1.47 bits per heavy atom. The third-order valence-corrected chi connectivity index (χ3v) is 3.74. The lowest BCUT2D eigenvalue weighted by molar-refractivity contribution is -0.142. The fourth-order valence-corrected chi connectivity index (χ4v) is 2.46. The summed E-state index contributed by atoms with van der Waals surface area (Å²) in [5, 5.41) is 10.0. The molecule has 0 aliphatic heterocycles. The van der Waals surface area contributed by atoms with Crippen LogP contribution in [0.1, 0.15) is 11.8 Å². The van der Waals surface area contributed by atoms with Crippen molar-refractivity contribution in [3.05, 3.63) is 35.2 Å². The van der Waals surface area contributed by atoms with Gasteiger partial charge in [-0.3, -0.25) is 0 Å². The summed E-state index contributed by atoms with van der Waals surface area (Å²) in [6.07, 6.45) is 0. The van der Waals surface area contributed by atoms with Crippen LogP contribution in [-0.4, -0.2) is 11.1 Å². The maximum Gasteiger partial charge on any atom is 0.328 e. The van der Waals surface area contributed by atoms with Gasteiger partial charge in [-0.05, 0) is 24.4 Å². The van der Waals surface area contributed by atoms with Gasteiger partial charge in [0.1, 0.15) is 5.54 Å². The van der Waals surface area contributed by atoms with Crippen LogP contribution in [0.5, 0.6) is 0 Å². The average molecular weight is 221 g/mol. The minimum absolute atomic E-state index is 0.677. The molecule has 0 fully saturated rings. The molecule has 1 atom stereocenters. The molecule has 1 aromatic carbocycles. The predicted molar refractivity (Wildman–Crippen MR) is 61.0 cm³/mol. The van der Waals surface area contributed by atoms with Crippen molar-refractivity contribution >= 4 is 27.4 Å². The summed E-state index contributed by atoms with van der Waals surface area (Å²) in [5.74, 6) is -1.01. The molecule has 0 spiro atoms. The molecule has 0 saturated heterocycles. The van der Waals surface area contributed by atoms with Gasteiger partial charge >= 0.3 is 5.97 Å². The van der Waals surface area contributed by atoms with Gasteiger partial charge in [0.15, 0.2) is 0 Å². The Morgan fingerprint density at radius 2 is 2.13 bits per heavy atom. The highest BCUT2D eigenvalue weighted by Gasteiger charge is 2.31. The minimum atomic E-state index is -1.30. The predicted octanol–water partition coefficient (Wildman–Crippen LogP) is 2.16. The first kappa shape index (κ1) is 10.1. The Morgan fingerprint density at radius 3 is 2.73 bits per heavy atom. The second-order valence-electron chi connectivity index (χ2n) is 3.66. The lowest BCUT2D eigenvalue weighted by Crippen LogP contribution is -2.40. The molecule has 15 heavy (non-hydrogen) atoms. The molecule has 0 unspecified atom stereocenters. The largest absolute Gasteiger partial charge is 0.480 e. The van der Waals surface area contributed by atoms with Crippen molar-refractivity contribution in [2.24, 2.45) is 5.73 Å². The highest BCUT2D eigenvalue weighted by atomic mass is 32.1. The van der Waals surface area contributed by atoms with Crippen LogP contribution in [0.25, 0.3) is 10.1 Å². The number of carbonyl (C=O) groups is 1. The van der Waals surface area contributed by atoms with Gasteiger partial charge in [0.2, 0.25) is 0 Å². The van der Waals surface area contributed by atoms with Crippen molar-refractivity contribution in [1.82, 2.24) is 0 Å². The zero-order valence-electron chi connectivity index (χ0n) is 8.23. The van der Waals surface area contributed by atoms with E-state index in [-0.39, 0.29) is 0 Å². The molecule has 2 aromatic rings. The summed E-state index contributed by atoms with van der Waals surface area (Å²) in [4.78, 5) is 11.7. The molecular formula is C11H11NO2S. The zero-order valence-corrected chi connectivity index (χ0v) is 9.04. The number of aliphatic carboxylic acids is 1. The third kappa shape index (κ3) is 1.62. The second kappa shape index (κ2) is 3.32. The Bertz CT molecular complexity index is 483. The van der Waals surface area contributed by atoms with Gasteiger partial charge in [0.05, 0.1) is 0 Å². The smallest absolute Gasteiger partial charge is 0.328 e. The number of hydrogen-bond donors (Lipinski definition) is 2. The maximum atomic E-state index is 11.0. The average Bonchev–Trinajstić information content (AvgIpc) is 2.61. The molecule has 0 bridgehead atoms. The number of carboxylic acids is 1. The van der Waals surface area contributed by atoms with Gasteiger partial charge in [0.25, 0.3) is 0 Å². The number of nitrogens with two attached hydrogens (primary N) is 1. The van der Waals surface area contributed by atoms with Gasteiger partial charge < -0.3 is 10.8 Å². The first-order valence-corrected chi connectivity index (χ1v) is 5.35. The fourth-order valence-electron chi connectivity index (χ4n) is 1.34. The van der Waals surface area contributed by atoms with Crippen LogP contribution in [0.15, 0.2) is 30.3 Å². The van der Waals surface area contributed by atoms with Gasteiger partial charge in [-0.1, -0.05) is 18.2 Å². The summed E-state index contributed by atoms with van der Waals surface area (Å²) in [6, 6.07) is 9.60. The van der Waals surface area contributed by atoms with Crippen molar-refractivity contribution in [3.63, 3.8) is 0 Å². The van der Waals surface area contributed by atoms with E-state index in [9.17, 15) is 4.79 Å². The highest BCUT2D eigenvalue weighted by molar-refractivity contribution is 7.19. The van der Waals surface area contributed by atoms with E-state index >= 15 is 0 Å². The van der Waals surface area contributed by atoms with E-state index in [4.69, 9.17) is 10.8 Å². The Hall–Kier alpha value is -1.39. The number of fused-ring (bicyclic) bond motifs is 1. The molecule has 0 amide bonds. The molecule has 0 saturated carbocycles. The normalized spacial score (nSPS) is 15.1. The number of carboxylic acid groups (broad SMARTS) is 1. The summed E-state index contributed by atoms with van der Waals surface area (Å²) in [7, 11) is 0. The zero-order chi connectivity index (χ0) is 11.1. The Balaban J connectivity index is 2.58. The number of benzene rings is 1. The van der Waals surface area contributed by atoms with Crippen molar-refractivity contribution in [2.75, 3.05) is 0 Å². The van der Waals surface area contributed by atoms with Crippen LogP contribution in [0, 0.1) is 0 Å². The van der Waals surface area contributed by atoms with E-state index < -0.39 is 11.5 Å². The molecule has 2 rings (SSSR count). The number of rotatable bonds is 2. The molecule has 0 radical (unpaired) electrons. The van der Waals surface area contributed by atoms with Gasteiger partial charge in [0, 0.05) is 9.58 Å². The maximum absolute atomic E-state index is 11.0. The molecule has 0 aliphatic rings. The first-order valence-electron chi connectivity index (χ1n) is 4.53. The van der Waals surface area contributed by atoms with Crippen LogP contribution in [0.2, 0.25) is 0 Å². The van der Waals surface area contributed by atoms with Crippen LogP contribution >= 0.6 is 11.3 Å². The van der Waals surface area contributed by atoms with E-state index in [1.54, 1.807) is 0 Å². The first-order chi connectivity index (χ1) is 7.01. The molecule has 0 aliphatic carbocycles. The van der Waals surface area contributed by atoms with E-state index in [0.29, 0.717) is 4.88 Å². The SMILES string of the molecule is C[C@](N)(C(=O)O)c1cc2ccccc2s1. The van der Waals surface area contributed by atoms with Crippen molar-refractivity contribution in [3.8, 4) is 0 Å². The third-order valence-electron chi connectivity index (χ3n) is 2.38. The summed E-state index contributed by atoms with van der Waals surface area (Å²) in [6.45, 7) is 1.51. The van der Waals surface area contributed by atoms with Crippen molar-refractivity contribution in [2.45, 2.75) is 12.5 Å². The van der Waals surface area contributed by atoms with E-state index in [1.807, 2.05) is 30.3 Å². The van der Waals surface area contributed by atoms with Crippen LogP contribution in [-0.2, 0) is 10.3 Å². The molecule has 1 aromatic heterocycles. The lowest BCUT2D eigenvalue weighted by atomic mass is 10.0. The van der Waals surface area contributed by atoms with Gasteiger partial charge in [-0.25, -0.2) is 4.79 Å². The number of thiophene rings is 1. The molecule has 1 heterocycles. The summed E-state index contributed by atoms with van der Waals surface area (Å²) < 4.78 is 1.06. The number of hydrogen-bond acceptors (Lipinski definition) is 3. The van der Waals surface area contributed by atoms with Crippen molar-refractivity contribution < 1.29 is 9.90 Å². The monoisotopic (exact) mass is 221 g/mol. The highest BCUT2D eigenvalue weighted by Crippen LogP contribution is 2.31. The van der Waals surface area contributed by atoms with Crippen LogP contribution in [0.4, 0.5) is 0 Å². The lowest BCUT2D eigenvalue weighted by Gasteiger charge is -2.16. The topological polar surface area (TPSA) is 63.3 Å². The van der Waals surface area contributed by atoms with Gasteiger partial charge in [-0.15, -0.1) is 11.3 Å². The second-order valence-corrected chi connectivity index (χ2v) is 4.74. The Labute approximate surface area is 91.1 Å². The summed E-state index contributed by atoms with van der Waals surface area (Å²) in [5.41, 5.74) is 4.45. The summed E-state index contributed by atoms with van der Waals surface area (Å²) >= 11 is 1.43. The van der Waals surface area contributed by atoms with E-state index in [2.05, 4.69) is 0 Å². The van der Waals surface area contributed by atoms with Gasteiger partial charge in [-0.2, -0.15) is 0 Å². The molecule has 4 heteroatoms. The Kier molecular flexibility index (Phi) is 2.25. The van der Waals surface area contributed by atoms with Crippen LogP contribution < -0.4 is 5.73 Å². The molecular weight excluding hydrogens is 210 g/mol. The van der Waals surface area contributed by atoms with E-state index in [0.717, 1.165) is 10.1 Å². The van der Waals surface area contributed by atoms with Crippen molar-refractivity contribution in [1.29, 1.82) is 0 Å².